The van der Waals surface area contributed by atoms with Crippen molar-refractivity contribution in [2.75, 3.05) is 39.4 Å². The summed E-state index contributed by atoms with van der Waals surface area (Å²) in [6, 6.07) is 44.8. The first-order valence-corrected chi connectivity index (χ1v) is 26.5. The Morgan fingerprint density at radius 1 is 0.584 bits per heavy atom. The lowest BCUT2D eigenvalue weighted by Crippen LogP contribution is -2.36. The zero-order chi connectivity index (χ0) is 53.3. The van der Waals surface area contributed by atoms with Gasteiger partial charge < -0.3 is 14.8 Å². The van der Waals surface area contributed by atoms with Gasteiger partial charge in [-0.1, -0.05) is 109 Å². The third kappa shape index (κ3) is 12.0. The van der Waals surface area contributed by atoms with Crippen LogP contribution in [-0.2, 0) is 25.6 Å². The number of pyridine rings is 2. The Bertz CT molecular complexity index is 3660. The molecule has 6 aromatic heterocycles. The molecule has 0 amide bonds. The lowest BCUT2D eigenvalue weighted by Gasteiger charge is -2.30. The molecular formula is C62H62N10O5. The molecule has 390 valence electrons. The van der Waals surface area contributed by atoms with Gasteiger partial charge in [0, 0.05) is 69.7 Å². The van der Waals surface area contributed by atoms with E-state index in [9.17, 15) is 14.4 Å². The highest BCUT2D eigenvalue weighted by Crippen LogP contribution is 2.36. The van der Waals surface area contributed by atoms with Crippen molar-refractivity contribution in [3.63, 3.8) is 0 Å². The molecule has 0 saturated carbocycles. The van der Waals surface area contributed by atoms with Crippen LogP contribution in [0.15, 0.2) is 146 Å². The number of aryl methyl sites for hydroxylation is 2. The maximum absolute atomic E-state index is 12.1. The average Bonchev–Trinajstić information content (AvgIpc) is 4.08. The predicted octanol–water partition coefficient (Wildman–Crippen LogP) is 11.0. The summed E-state index contributed by atoms with van der Waals surface area (Å²) in [6.07, 6.45) is 8.13. The molecule has 0 spiro atoms. The fourth-order valence-corrected chi connectivity index (χ4v) is 10.1. The van der Waals surface area contributed by atoms with E-state index in [1.807, 2.05) is 105 Å². The smallest absolute Gasteiger partial charge is 0.309 e. The summed E-state index contributed by atoms with van der Waals surface area (Å²) in [5.74, 6) is 0.112. The van der Waals surface area contributed by atoms with E-state index in [2.05, 4.69) is 103 Å². The number of nitrogens with zero attached hydrogens (tertiary/aromatic N) is 9. The molecule has 0 aliphatic carbocycles. The van der Waals surface area contributed by atoms with Crippen LogP contribution in [0, 0.1) is 25.7 Å². The molecule has 12 rings (SSSR count). The van der Waals surface area contributed by atoms with Gasteiger partial charge in [-0.3, -0.25) is 19.3 Å². The summed E-state index contributed by atoms with van der Waals surface area (Å²) in [4.78, 5) is 55.9. The van der Waals surface area contributed by atoms with Gasteiger partial charge in [0.05, 0.1) is 47.8 Å². The number of aldehydes is 1. The van der Waals surface area contributed by atoms with Crippen molar-refractivity contribution in [1.29, 1.82) is 0 Å². The summed E-state index contributed by atoms with van der Waals surface area (Å²) in [5.41, 5.74) is 14.8. The van der Waals surface area contributed by atoms with E-state index >= 15 is 0 Å². The minimum Gasteiger partial charge on any atom is -0.466 e. The van der Waals surface area contributed by atoms with Gasteiger partial charge in [-0.05, 0) is 108 Å². The van der Waals surface area contributed by atoms with E-state index in [1.54, 1.807) is 4.52 Å². The van der Waals surface area contributed by atoms with E-state index in [0.29, 0.717) is 18.8 Å². The Balaban J connectivity index is 0.000000150. The number of aromatic nitrogens is 8. The molecular weight excluding hydrogens is 965 g/mol. The highest BCUT2D eigenvalue weighted by Gasteiger charge is 2.26. The third-order valence-electron chi connectivity index (χ3n) is 14.1. The maximum Gasteiger partial charge on any atom is 0.309 e. The molecule has 0 radical (unpaired) electrons. The Hall–Kier alpha value is -8.53. The summed E-state index contributed by atoms with van der Waals surface area (Å²) in [6.45, 7) is 13.2. The van der Waals surface area contributed by atoms with E-state index in [4.69, 9.17) is 19.4 Å². The van der Waals surface area contributed by atoms with E-state index < -0.39 is 0 Å². The van der Waals surface area contributed by atoms with E-state index in [0.717, 1.165) is 154 Å². The summed E-state index contributed by atoms with van der Waals surface area (Å²) < 4.78 is 13.7. The number of hydrogen-bond donors (Lipinski definition) is 1. The van der Waals surface area contributed by atoms with Crippen LogP contribution in [0.4, 0.5) is 0 Å². The second kappa shape index (κ2) is 24.0. The van der Waals surface area contributed by atoms with Crippen molar-refractivity contribution in [1.82, 2.24) is 49.4 Å². The van der Waals surface area contributed by atoms with E-state index in [1.165, 1.54) is 5.56 Å². The first-order valence-electron chi connectivity index (χ1n) is 26.5. The Kier molecular flexibility index (Phi) is 16.2. The standard InChI is InChI=1S/C31H31N5O2.C23H16N4O.C8H15NO2/c1-3-38-31(37)25-13-15-35(16-14-25)20-22-9-11-24(12-10-22)29-27(23-7-5-4-6-8-23)18-26-19-32-28-17-21(2)34-36(28)30(26)33-29;1-15-11-21-24-13-19-12-20(17-5-3-2-4-6-17)22(25-23(19)27(21)26-15)18-9-7-16(14-28)8-10-18;1-2-11-8(10)7-3-5-9-6-4-7/h4-12,17-19,25H,3,13-16,20H2,1-2H3;2-14H,1H3;7,9H,2-6H2,1H3. The molecule has 0 unspecified atom stereocenters. The largest absolute Gasteiger partial charge is 0.466 e. The highest BCUT2D eigenvalue weighted by atomic mass is 16.5. The SMILES string of the molecule is CCOC(=O)C1CCN(Cc2ccc(-c3nc4c(cnc5cc(C)nn54)cc3-c3ccccc3)cc2)CC1.CCOC(=O)C1CCNCC1.Cc1cc2ncc3cc(-c4ccccc4)c(-c4ccc(C=O)cc4)nc3n2n1. The Morgan fingerprint density at radius 2 is 1.04 bits per heavy atom. The van der Waals surface area contributed by atoms with Gasteiger partial charge >= 0.3 is 11.9 Å². The minimum absolute atomic E-state index is 0.0194. The van der Waals surface area contributed by atoms with Crippen molar-refractivity contribution in [3.8, 4) is 44.8 Å². The lowest BCUT2D eigenvalue weighted by molar-refractivity contribution is -0.150. The van der Waals surface area contributed by atoms with Crippen molar-refractivity contribution in [3.05, 3.63) is 168 Å². The molecule has 2 aliphatic rings. The summed E-state index contributed by atoms with van der Waals surface area (Å²) in [7, 11) is 0. The number of nitrogens with one attached hydrogen (secondary N) is 1. The number of hydrogen-bond acceptors (Lipinski definition) is 13. The molecule has 0 atom stereocenters. The normalized spacial score (nSPS) is 14.2. The van der Waals surface area contributed by atoms with Gasteiger partial charge in [-0.2, -0.15) is 19.2 Å². The molecule has 4 aromatic carbocycles. The third-order valence-corrected chi connectivity index (χ3v) is 14.1. The van der Waals surface area contributed by atoms with Gasteiger partial charge in [-0.15, -0.1) is 0 Å². The van der Waals surface area contributed by atoms with Crippen LogP contribution in [0.3, 0.4) is 0 Å². The first-order chi connectivity index (χ1) is 37.7. The van der Waals surface area contributed by atoms with Crippen molar-refractivity contribution in [2.45, 2.75) is 59.9 Å². The molecule has 0 bridgehead atoms. The number of fused-ring (bicyclic) bond motifs is 6. The number of ether oxygens (including phenoxy) is 2. The second-order valence-corrected chi connectivity index (χ2v) is 19.5. The van der Waals surface area contributed by atoms with Gasteiger partial charge in [0.25, 0.3) is 0 Å². The molecule has 2 aliphatic heterocycles. The molecule has 1 N–H and O–H groups in total. The van der Waals surface area contributed by atoms with Crippen molar-refractivity contribution >= 4 is 51.6 Å². The average molecular weight is 1030 g/mol. The molecule has 2 saturated heterocycles. The van der Waals surface area contributed by atoms with Crippen molar-refractivity contribution in [2.24, 2.45) is 11.8 Å². The molecule has 10 aromatic rings. The fraction of sp³-hybridized carbons (Fsp3) is 0.274. The number of piperidine rings is 2. The minimum atomic E-state index is -0.0491. The molecule has 15 heteroatoms. The zero-order valence-electron chi connectivity index (χ0n) is 43.9. The van der Waals surface area contributed by atoms with E-state index in [-0.39, 0.29) is 23.8 Å². The first kappa shape index (κ1) is 51.9. The quantitative estimate of drug-likeness (QED) is 0.0959. The monoisotopic (exact) mass is 1030 g/mol. The molecule has 15 nitrogen and oxygen atoms in total. The zero-order valence-corrected chi connectivity index (χ0v) is 43.9. The Morgan fingerprint density at radius 3 is 1.49 bits per heavy atom. The van der Waals surface area contributed by atoms with Crippen LogP contribution < -0.4 is 5.32 Å². The summed E-state index contributed by atoms with van der Waals surface area (Å²) >= 11 is 0. The lowest BCUT2D eigenvalue weighted by atomic mass is 9.96. The number of carbonyl (C=O) groups is 3. The van der Waals surface area contributed by atoms with Crippen LogP contribution in [0.5, 0.6) is 0 Å². The highest BCUT2D eigenvalue weighted by molar-refractivity contribution is 5.92. The van der Waals surface area contributed by atoms with Crippen molar-refractivity contribution < 1.29 is 23.9 Å². The molecule has 2 fully saturated rings. The van der Waals surface area contributed by atoms with Crippen LogP contribution in [0.1, 0.15) is 66.8 Å². The van der Waals surface area contributed by atoms with Crippen LogP contribution >= 0.6 is 0 Å². The number of esters is 2. The van der Waals surface area contributed by atoms with Crippen LogP contribution in [-0.4, -0.2) is 102 Å². The predicted molar refractivity (Wildman–Crippen MR) is 300 cm³/mol. The maximum atomic E-state index is 12.1. The van der Waals surface area contributed by atoms with Crippen LogP contribution in [0.25, 0.3) is 78.1 Å². The van der Waals surface area contributed by atoms with Gasteiger partial charge in [0.15, 0.2) is 22.6 Å². The van der Waals surface area contributed by atoms with Crippen LogP contribution in [0.2, 0.25) is 0 Å². The Labute approximate surface area is 447 Å². The number of rotatable bonds is 11. The second-order valence-electron chi connectivity index (χ2n) is 19.5. The number of likely N-dealkylation sites (tertiary alicyclic amines) is 1. The summed E-state index contributed by atoms with van der Waals surface area (Å²) in [5, 5.41) is 14.3. The number of benzene rings is 4. The molecule has 77 heavy (non-hydrogen) atoms. The number of carbonyl (C=O) groups excluding carboxylic acids is 3. The van der Waals surface area contributed by atoms with Gasteiger partial charge in [-0.25, -0.2) is 19.9 Å². The molecule has 8 heterocycles. The van der Waals surface area contributed by atoms with Gasteiger partial charge in [0.1, 0.15) is 6.29 Å². The fourth-order valence-electron chi connectivity index (χ4n) is 10.1. The van der Waals surface area contributed by atoms with Gasteiger partial charge in [0.2, 0.25) is 0 Å². The topological polar surface area (TPSA) is 171 Å².